The standard InChI is InChI=1S/C18H18ClN3O2S/c1-20-5-7-22(8-6-20)18(24)15-10-13-16(25-15)12-4-3-11(19)9-14(12)21(2)17(13)23/h3-4,9-10H,5-8H2,1-2H3. The van der Waals surface area contributed by atoms with Crippen LogP contribution in [-0.2, 0) is 7.05 Å². The predicted octanol–water partition coefficient (Wildman–Crippen LogP) is 2.79. The molecule has 0 bridgehead atoms. The lowest BCUT2D eigenvalue weighted by molar-refractivity contribution is 0.0669. The summed E-state index contributed by atoms with van der Waals surface area (Å²) in [5.74, 6) is 0.0125. The van der Waals surface area contributed by atoms with Gasteiger partial charge in [0.05, 0.1) is 15.8 Å². The number of benzene rings is 1. The third-order valence-electron chi connectivity index (χ3n) is 4.83. The molecule has 130 valence electrons. The number of piperazine rings is 1. The molecule has 1 aliphatic heterocycles. The molecular formula is C18H18ClN3O2S. The van der Waals surface area contributed by atoms with Gasteiger partial charge in [-0.1, -0.05) is 11.6 Å². The van der Waals surface area contributed by atoms with Crippen LogP contribution < -0.4 is 5.56 Å². The zero-order valence-electron chi connectivity index (χ0n) is 14.1. The van der Waals surface area contributed by atoms with E-state index in [1.54, 1.807) is 23.7 Å². The second-order valence-electron chi connectivity index (χ2n) is 6.47. The van der Waals surface area contributed by atoms with Crippen LogP contribution >= 0.6 is 22.9 Å². The molecule has 0 N–H and O–H groups in total. The third kappa shape index (κ3) is 2.74. The lowest BCUT2D eigenvalue weighted by Gasteiger charge is -2.32. The number of pyridine rings is 1. The molecule has 0 unspecified atom stereocenters. The monoisotopic (exact) mass is 375 g/mol. The molecule has 0 atom stereocenters. The SMILES string of the molecule is CN1CCN(C(=O)c2cc3c(=O)n(C)c4cc(Cl)ccc4c3s2)CC1. The molecule has 3 heterocycles. The number of aryl methyl sites for hydroxylation is 1. The molecule has 1 amide bonds. The Hall–Kier alpha value is -1.89. The Morgan fingerprint density at radius 2 is 1.80 bits per heavy atom. The molecule has 0 spiro atoms. The molecular weight excluding hydrogens is 358 g/mol. The lowest BCUT2D eigenvalue weighted by atomic mass is 10.1. The van der Waals surface area contributed by atoms with Crippen molar-refractivity contribution in [2.24, 2.45) is 7.05 Å². The maximum absolute atomic E-state index is 12.9. The second-order valence-corrected chi connectivity index (χ2v) is 7.96. The van der Waals surface area contributed by atoms with E-state index in [0.29, 0.717) is 15.3 Å². The second kappa shape index (κ2) is 6.12. The minimum absolute atomic E-state index is 0.0125. The molecule has 25 heavy (non-hydrogen) atoms. The van der Waals surface area contributed by atoms with Gasteiger partial charge in [0.1, 0.15) is 0 Å². The number of hydrogen-bond acceptors (Lipinski definition) is 4. The predicted molar refractivity (Wildman–Crippen MR) is 103 cm³/mol. The van der Waals surface area contributed by atoms with E-state index in [9.17, 15) is 9.59 Å². The molecule has 1 aliphatic rings. The molecule has 7 heteroatoms. The van der Waals surface area contributed by atoms with Crippen LogP contribution in [0.5, 0.6) is 0 Å². The van der Waals surface area contributed by atoms with Gasteiger partial charge in [-0.2, -0.15) is 0 Å². The first-order chi connectivity index (χ1) is 12.0. The highest BCUT2D eigenvalue weighted by molar-refractivity contribution is 7.21. The van der Waals surface area contributed by atoms with E-state index in [0.717, 1.165) is 41.8 Å². The summed E-state index contributed by atoms with van der Waals surface area (Å²) in [4.78, 5) is 30.3. The number of thiophene rings is 1. The summed E-state index contributed by atoms with van der Waals surface area (Å²) < 4.78 is 2.45. The topological polar surface area (TPSA) is 45.6 Å². The van der Waals surface area contributed by atoms with Crippen LogP contribution in [-0.4, -0.2) is 53.5 Å². The number of amides is 1. The number of carbonyl (C=O) groups is 1. The number of likely N-dealkylation sites (N-methyl/N-ethyl adjacent to an activating group) is 1. The van der Waals surface area contributed by atoms with Crippen molar-refractivity contribution in [1.82, 2.24) is 14.4 Å². The van der Waals surface area contributed by atoms with E-state index in [2.05, 4.69) is 11.9 Å². The Morgan fingerprint density at radius 1 is 1.08 bits per heavy atom. The quantitative estimate of drug-likeness (QED) is 0.657. The van der Waals surface area contributed by atoms with Gasteiger partial charge in [0.25, 0.3) is 11.5 Å². The van der Waals surface area contributed by atoms with Crippen molar-refractivity contribution in [2.45, 2.75) is 0 Å². The fraction of sp³-hybridized carbons (Fsp3) is 0.333. The summed E-state index contributed by atoms with van der Waals surface area (Å²) in [5.41, 5.74) is 0.684. The van der Waals surface area contributed by atoms with E-state index < -0.39 is 0 Å². The van der Waals surface area contributed by atoms with Gasteiger partial charge >= 0.3 is 0 Å². The molecule has 2 aromatic heterocycles. The largest absolute Gasteiger partial charge is 0.335 e. The Balaban J connectivity index is 1.85. The first-order valence-electron chi connectivity index (χ1n) is 8.15. The summed E-state index contributed by atoms with van der Waals surface area (Å²) in [6.45, 7) is 3.19. The van der Waals surface area contributed by atoms with E-state index in [1.807, 2.05) is 17.0 Å². The summed E-state index contributed by atoms with van der Waals surface area (Å²) in [6, 6.07) is 7.27. The summed E-state index contributed by atoms with van der Waals surface area (Å²) in [6.07, 6.45) is 0. The van der Waals surface area contributed by atoms with Crippen LogP contribution in [0.2, 0.25) is 5.02 Å². The molecule has 5 nitrogen and oxygen atoms in total. The fourth-order valence-electron chi connectivity index (χ4n) is 3.29. The number of aromatic nitrogens is 1. The van der Waals surface area contributed by atoms with Crippen molar-refractivity contribution in [3.63, 3.8) is 0 Å². The highest BCUT2D eigenvalue weighted by Gasteiger charge is 2.23. The molecule has 1 saturated heterocycles. The number of halogens is 1. The van der Waals surface area contributed by atoms with Gasteiger partial charge < -0.3 is 14.4 Å². The van der Waals surface area contributed by atoms with Gasteiger partial charge in [-0.3, -0.25) is 9.59 Å². The number of fused-ring (bicyclic) bond motifs is 3. The van der Waals surface area contributed by atoms with Crippen LogP contribution in [0.15, 0.2) is 29.1 Å². The van der Waals surface area contributed by atoms with Gasteiger partial charge in [-0.15, -0.1) is 11.3 Å². The van der Waals surface area contributed by atoms with Crippen LogP contribution in [0.1, 0.15) is 9.67 Å². The van der Waals surface area contributed by atoms with Gasteiger partial charge in [0, 0.05) is 48.3 Å². The average Bonchev–Trinajstić information content (AvgIpc) is 3.05. The van der Waals surface area contributed by atoms with E-state index in [1.165, 1.54) is 11.3 Å². The van der Waals surface area contributed by atoms with Gasteiger partial charge in [0.2, 0.25) is 0 Å². The zero-order chi connectivity index (χ0) is 17.7. The Morgan fingerprint density at radius 3 is 2.52 bits per heavy atom. The van der Waals surface area contributed by atoms with Crippen molar-refractivity contribution in [3.05, 3.63) is 44.5 Å². The van der Waals surface area contributed by atoms with E-state index >= 15 is 0 Å². The lowest BCUT2D eigenvalue weighted by Crippen LogP contribution is -2.46. The molecule has 1 fully saturated rings. The smallest absolute Gasteiger partial charge is 0.264 e. The zero-order valence-corrected chi connectivity index (χ0v) is 15.7. The highest BCUT2D eigenvalue weighted by atomic mass is 35.5. The molecule has 0 aliphatic carbocycles. The van der Waals surface area contributed by atoms with E-state index in [4.69, 9.17) is 11.6 Å². The van der Waals surface area contributed by atoms with E-state index in [-0.39, 0.29) is 11.5 Å². The first-order valence-corrected chi connectivity index (χ1v) is 9.35. The van der Waals surface area contributed by atoms with Gasteiger partial charge in [-0.25, -0.2) is 0 Å². The fourth-order valence-corrected chi connectivity index (χ4v) is 4.60. The first kappa shape index (κ1) is 16.6. The highest BCUT2D eigenvalue weighted by Crippen LogP contribution is 2.32. The Labute approximate surface area is 154 Å². The number of hydrogen-bond donors (Lipinski definition) is 0. The third-order valence-corrected chi connectivity index (χ3v) is 6.23. The van der Waals surface area contributed by atoms with Crippen molar-refractivity contribution in [3.8, 4) is 0 Å². The molecule has 0 radical (unpaired) electrons. The van der Waals surface area contributed by atoms with Gasteiger partial charge in [0.15, 0.2) is 0 Å². The molecule has 3 aromatic rings. The summed E-state index contributed by atoms with van der Waals surface area (Å²) in [7, 11) is 3.79. The van der Waals surface area contributed by atoms with Gasteiger partial charge in [-0.05, 0) is 31.3 Å². The maximum Gasteiger partial charge on any atom is 0.264 e. The van der Waals surface area contributed by atoms with Crippen LogP contribution in [0, 0.1) is 0 Å². The minimum Gasteiger partial charge on any atom is -0.335 e. The van der Waals surface area contributed by atoms with Crippen LogP contribution in [0.25, 0.3) is 21.0 Å². The number of carbonyl (C=O) groups excluding carboxylic acids is 1. The molecule has 1 aromatic carbocycles. The van der Waals surface area contributed by atoms with Crippen molar-refractivity contribution < 1.29 is 4.79 Å². The Kier molecular flexibility index (Phi) is 4.06. The summed E-state index contributed by atoms with van der Waals surface area (Å²) in [5, 5.41) is 2.14. The maximum atomic E-state index is 12.9. The minimum atomic E-state index is -0.0987. The van der Waals surface area contributed by atoms with Crippen LogP contribution in [0.3, 0.4) is 0 Å². The average molecular weight is 376 g/mol. The molecule has 0 saturated carbocycles. The number of nitrogens with zero attached hydrogens (tertiary/aromatic N) is 3. The summed E-state index contributed by atoms with van der Waals surface area (Å²) >= 11 is 7.48. The molecule has 4 rings (SSSR count). The van der Waals surface area contributed by atoms with Crippen LogP contribution in [0.4, 0.5) is 0 Å². The van der Waals surface area contributed by atoms with Crippen molar-refractivity contribution >= 4 is 49.8 Å². The Bertz CT molecular complexity index is 1050. The number of rotatable bonds is 1. The van der Waals surface area contributed by atoms with Crippen molar-refractivity contribution in [2.75, 3.05) is 33.2 Å². The normalized spacial score (nSPS) is 16.0. The van der Waals surface area contributed by atoms with Crippen molar-refractivity contribution in [1.29, 1.82) is 0 Å².